The molecule has 0 unspecified atom stereocenters. The van der Waals surface area contributed by atoms with Crippen molar-refractivity contribution in [1.82, 2.24) is 9.97 Å². The third kappa shape index (κ3) is 8.97. The zero-order valence-corrected chi connectivity index (χ0v) is 27.2. The number of phenols is 2. The van der Waals surface area contributed by atoms with E-state index in [-0.39, 0.29) is 23.9 Å². The molecule has 2 N–H and O–H groups in total. The number of halogens is 4. The van der Waals surface area contributed by atoms with Crippen molar-refractivity contribution >= 4 is 59.8 Å². The van der Waals surface area contributed by atoms with Gasteiger partial charge in [-0.3, -0.25) is 0 Å². The number of hydrogen-bond acceptors (Lipinski definition) is 9. The van der Waals surface area contributed by atoms with Crippen LogP contribution in [0.25, 0.3) is 20.4 Å². The fourth-order valence-corrected chi connectivity index (χ4v) is 7.37. The van der Waals surface area contributed by atoms with Gasteiger partial charge in [0.2, 0.25) is 0 Å². The van der Waals surface area contributed by atoms with Crippen molar-refractivity contribution in [2.24, 2.45) is 5.92 Å². The van der Waals surface area contributed by atoms with Gasteiger partial charge >= 0.3 is 6.36 Å². The van der Waals surface area contributed by atoms with E-state index in [0.717, 1.165) is 63.5 Å². The standard InChI is InChI=1S/C27H25F3N2O3S.C7H4ClNOS/c28-27(29,30)35-23-8-3-20(4-9-23)17-34-22-6-1-18(2-7-22)15-19-11-13-32(14-12-19)26-31-24-10-5-21(33)16-25(24)36-26;8-7-9-5-2-1-4(10)3-6(5)11-7/h1-10,16,19,33H,11-15,17H2;1-3,10H. The molecule has 47 heavy (non-hydrogen) atoms. The van der Waals surface area contributed by atoms with Gasteiger partial charge in [-0.05, 0) is 97.0 Å². The Morgan fingerprint density at radius 1 is 0.766 bits per heavy atom. The Hall–Kier alpha value is -4.26. The van der Waals surface area contributed by atoms with E-state index in [0.29, 0.717) is 16.1 Å². The van der Waals surface area contributed by atoms with Crippen LogP contribution < -0.4 is 14.4 Å². The Bertz CT molecular complexity index is 1940. The first-order valence-electron chi connectivity index (χ1n) is 14.7. The highest BCUT2D eigenvalue weighted by Crippen LogP contribution is 2.34. The Labute approximate surface area is 281 Å². The van der Waals surface area contributed by atoms with E-state index in [1.165, 1.54) is 29.0 Å². The van der Waals surface area contributed by atoms with E-state index in [1.807, 2.05) is 18.2 Å². The first-order chi connectivity index (χ1) is 22.6. The number of benzene rings is 4. The molecule has 7 rings (SSSR count). The monoisotopic (exact) mass is 699 g/mol. The molecule has 2 aromatic heterocycles. The van der Waals surface area contributed by atoms with Gasteiger partial charge in [-0.15, -0.1) is 24.5 Å². The van der Waals surface area contributed by atoms with Crippen LogP contribution in [0.15, 0.2) is 84.9 Å². The summed E-state index contributed by atoms with van der Waals surface area (Å²) in [6, 6.07) is 24.0. The molecule has 0 aliphatic carbocycles. The molecule has 0 amide bonds. The van der Waals surface area contributed by atoms with Gasteiger partial charge in [0.05, 0.1) is 20.4 Å². The lowest BCUT2D eigenvalue weighted by atomic mass is 9.90. The van der Waals surface area contributed by atoms with Crippen LogP contribution in [-0.4, -0.2) is 39.6 Å². The summed E-state index contributed by atoms with van der Waals surface area (Å²) in [5.41, 5.74) is 3.76. The van der Waals surface area contributed by atoms with Crippen LogP contribution in [0.1, 0.15) is 24.0 Å². The van der Waals surface area contributed by atoms with E-state index < -0.39 is 6.36 Å². The SMILES string of the molecule is Oc1ccc2nc(Cl)sc2c1.Oc1ccc2nc(N3CCC(Cc4ccc(OCc5ccc(OC(F)(F)F)cc5)cc4)CC3)sc2c1. The van der Waals surface area contributed by atoms with Crippen molar-refractivity contribution in [3.05, 3.63) is 101 Å². The minimum atomic E-state index is -4.70. The summed E-state index contributed by atoms with van der Waals surface area (Å²) in [6.07, 6.45) is -1.51. The molecule has 0 radical (unpaired) electrons. The zero-order valence-electron chi connectivity index (χ0n) is 24.8. The maximum atomic E-state index is 12.3. The van der Waals surface area contributed by atoms with Gasteiger partial charge < -0.3 is 24.6 Å². The van der Waals surface area contributed by atoms with E-state index in [4.69, 9.17) is 26.4 Å². The molecule has 3 heterocycles. The lowest BCUT2D eigenvalue weighted by Gasteiger charge is -2.31. The van der Waals surface area contributed by atoms with Crippen LogP contribution in [0.2, 0.25) is 4.47 Å². The second-order valence-electron chi connectivity index (χ2n) is 11.0. The highest BCUT2D eigenvalue weighted by atomic mass is 35.5. The highest BCUT2D eigenvalue weighted by molar-refractivity contribution is 7.22. The summed E-state index contributed by atoms with van der Waals surface area (Å²) < 4.78 is 48.9. The van der Waals surface area contributed by atoms with Gasteiger partial charge in [0, 0.05) is 13.1 Å². The molecule has 1 saturated heterocycles. The third-order valence-electron chi connectivity index (χ3n) is 7.60. The van der Waals surface area contributed by atoms with Crippen molar-refractivity contribution in [2.45, 2.75) is 32.2 Å². The molecule has 0 spiro atoms. The number of aromatic nitrogens is 2. The van der Waals surface area contributed by atoms with Gasteiger partial charge in [0.15, 0.2) is 9.60 Å². The number of piperidine rings is 1. The average Bonchev–Trinajstić information content (AvgIpc) is 3.63. The Kier molecular flexibility index (Phi) is 9.90. The summed E-state index contributed by atoms with van der Waals surface area (Å²) in [4.78, 5) is 11.1. The van der Waals surface area contributed by atoms with Crippen LogP contribution in [-0.2, 0) is 13.0 Å². The summed E-state index contributed by atoms with van der Waals surface area (Å²) >= 11 is 8.64. The molecular formula is C34H29ClF3N3O4S2. The molecule has 1 aliphatic heterocycles. The smallest absolute Gasteiger partial charge is 0.508 e. The van der Waals surface area contributed by atoms with E-state index in [9.17, 15) is 18.3 Å². The number of phenolic OH excluding ortho intramolecular Hbond substituents is 2. The number of thiazole rings is 2. The van der Waals surface area contributed by atoms with E-state index in [2.05, 4.69) is 26.8 Å². The Balaban J connectivity index is 0.000000295. The first kappa shape index (κ1) is 32.7. The Morgan fingerprint density at radius 3 is 1.98 bits per heavy atom. The highest BCUT2D eigenvalue weighted by Gasteiger charge is 2.31. The minimum Gasteiger partial charge on any atom is -0.508 e. The number of anilines is 1. The Morgan fingerprint density at radius 2 is 1.34 bits per heavy atom. The van der Waals surface area contributed by atoms with Crippen molar-refractivity contribution in [2.75, 3.05) is 18.0 Å². The van der Waals surface area contributed by atoms with Gasteiger partial charge in [-0.25, -0.2) is 9.97 Å². The summed E-state index contributed by atoms with van der Waals surface area (Å²) in [6.45, 7) is 2.18. The van der Waals surface area contributed by atoms with Crippen molar-refractivity contribution < 1.29 is 32.9 Å². The van der Waals surface area contributed by atoms with Crippen LogP contribution >= 0.6 is 34.3 Å². The average molecular weight is 700 g/mol. The predicted molar refractivity (Wildman–Crippen MR) is 180 cm³/mol. The number of fused-ring (bicyclic) bond motifs is 2. The fourth-order valence-electron chi connectivity index (χ4n) is 5.26. The van der Waals surface area contributed by atoms with E-state index in [1.54, 1.807) is 53.8 Å². The number of rotatable bonds is 7. The summed E-state index contributed by atoms with van der Waals surface area (Å²) in [7, 11) is 0. The minimum absolute atomic E-state index is 0.248. The second-order valence-corrected chi connectivity index (χ2v) is 13.6. The number of nitrogens with zero attached hydrogens (tertiary/aromatic N) is 3. The summed E-state index contributed by atoms with van der Waals surface area (Å²) in [5.74, 6) is 1.58. The molecule has 6 aromatic rings. The van der Waals surface area contributed by atoms with Crippen molar-refractivity contribution in [3.63, 3.8) is 0 Å². The quantitative estimate of drug-likeness (QED) is 0.172. The molecule has 1 aliphatic rings. The molecular weight excluding hydrogens is 671 g/mol. The molecule has 244 valence electrons. The first-order valence-corrected chi connectivity index (χ1v) is 16.7. The number of alkyl halides is 3. The second kappa shape index (κ2) is 14.2. The van der Waals surface area contributed by atoms with Crippen molar-refractivity contribution in [1.29, 1.82) is 0 Å². The van der Waals surface area contributed by atoms with Crippen LogP contribution in [0.3, 0.4) is 0 Å². The molecule has 1 fully saturated rings. The number of ether oxygens (including phenoxy) is 2. The molecule has 13 heteroatoms. The molecule has 0 atom stereocenters. The third-order valence-corrected chi connectivity index (χ3v) is 9.80. The zero-order chi connectivity index (χ0) is 33.0. The van der Waals surface area contributed by atoms with E-state index >= 15 is 0 Å². The van der Waals surface area contributed by atoms with Gasteiger partial charge in [0.25, 0.3) is 0 Å². The van der Waals surface area contributed by atoms with Crippen molar-refractivity contribution in [3.8, 4) is 23.0 Å². The van der Waals surface area contributed by atoms with Crippen LogP contribution in [0.5, 0.6) is 23.0 Å². The lowest BCUT2D eigenvalue weighted by Crippen LogP contribution is -2.34. The van der Waals surface area contributed by atoms with Gasteiger partial charge in [-0.2, -0.15) is 0 Å². The van der Waals surface area contributed by atoms with Gasteiger partial charge in [0.1, 0.15) is 29.6 Å². The maximum Gasteiger partial charge on any atom is 0.573 e. The number of hydrogen-bond donors (Lipinski definition) is 2. The lowest BCUT2D eigenvalue weighted by molar-refractivity contribution is -0.274. The van der Waals surface area contributed by atoms with Gasteiger partial charge in [-0.1, -0.05) is 47.2 Å². The van der Waals surface area contributed by atoms with Crippen LogP contribution in [0.4, 0.5) is 18.3 Å². The maximum absolute atomic E-state index is 12.3. The largest absolute Gasteiger partial charge is 0.573 e. The molecule has 4 aromatic carbocycles. The summed E-state index contributed by atoms with van der Waals surface area (Å²) in [5, 5.41) is 19.8. The topological polar surface area (TPSA) is 87.9 Å². The molecule has 0 saturated carbocycles. The number of aromatic hydroxyl groups is 2. The van der Waals surface area contributed by atoms with Crippen LogP contribution in [0, 0.1) is 5.92 Å². The normalized spacial score (nSPS) is 13.8. The molecule has 0 bridgehead atoms. The molecule has 7 nitrogen and oxygen atoms in total. The fraction of sp³-hybridized carbons (Fsp3) is 0.235. The predicted octanol–water partition coefficient (Wildman–Crippen LogP) is 9.59.